The summed E-state index contributed by atoms with van der Waals surface area (Å²) in [5, 5.41) is 19.0. The van der Waals surface area contributed by atoms with E-state index in [1.807, 2.05) is 19.2 Å². The van der Waals surface area contributed by atoms with Crippen LogP contribution in [-0.4, -0.2) is 73.8 Å². The number of aryl methyl sites for hydroxylation is 2. The summed E-state index contributed by atoms with van der Waals surface area (Å²) in [5.74, 6) is -3.41. The lowest BCUT2D eigenvalue weighted by atomic mass is 9.67. The van der Waals surface area contributed by atoms with E-state index in [9.17, 15) is 14.4 Å². The Kier molecular flexibility index (Phi) is 8.59. The average molecular weight is 813 g/mol. The predicted octanol–water partition coefficient (Wildman–Crippen LogP) is 6.21. The number of hydrogen-bond donors (Lipinski definition) is 4. The lowest BCUT2D eigenvalue weighted by Gasteiger charge is -2.53. The topological polar surface area (TPSA) is 160 Å². The number of pyridine rings is 1. The molecule has 58 heavy (non-hydrogen) atoms. The molecule has 17 heteroatoms. The monoisotopic (exact) mass is 812 g/mol. The van der Waals surface area contributed by atoms with Crippen LogP contribution in [0.2, 0.25) is 5.02 Å². The minimum Gasteiger partial charge on any atom is -0.480 e. The molecule has 3 aliphatic heterocycles. The normalized spacial score (nSPS) is 22.8. The summed E-state index contributed by atoms with van der Waals surface area (Å²) in [6, 6.07) is 10.7. The van der Waals surface area contributed by atoms with E-state index in [4.69, 9.17) is 21.3 Å². The third-order valence-electron chi connectivity index (χ3n) is 12.8. The highest BCUT2D eigenvalue weighted by Crippen LogP contribution is 2.47. The Labute approximate surface area is 336 Å². The first-order valence-electron chi connectivity index (χ1n) is 19.9. The van der Waals surface area contributed by atoms with E-state index in [2.05, 4.69) is 42.3 Å². The number of hydrogen-bond acceptors (Lipinski definition) is 11. The van der Waals surface area contributed by atoms with Crippen LogP contribution in [0.25, 0.3) is 21.8 Å². The molecule has 1 spiro atoms. The van der Waals surface area contributed by atoms with Crippen molar-refractivity contribution in [2.45, 2.75) is 75.3 Å². The van der Waals surface area contributed by atoms with Crippen LogP contribution in [0, 0.1) is 11.3 Å². The highest BCUT2D eigenvalue weighted by Gasteiger charge is 2.51. The van der Waals surface area contributed by atoms with E-state index < -0.39 is 30.0 Å². The SMILES string of the molecule is Cn1nc(C2CCC(=O)NC2=O)c2ccc(NC3CCC4(CC3)CN(c3ncc(Cl)c(Nc5ccc6c(c5)c5c(c(=O)n6C)OCC(F)(F)[C@H](C6CC6)N5)n3)C4)cc21. The van der Waals surface area contributed by atoms with Crippen molar-refractivity contribution in [2.24, 2.45) is 25.4 Å². The largest absolute Gasteiger partial charge is 0.480 e. The van der Waals surface area contributed by atoms with Crippen molar-refractivity contribution in [3.05, 3.63) is 63.7 Å². The molecule has 2 aliphatic carbocycles. The molecule has 5 aliphatic rings. The Morgan fingerprint density at radius 2 is 1.72 bits per heavy atom. The van der Waals surface area contributed by atoms with Crippen molar-refractivity contribution in [2.75, 3.05) is 40.5 Å². The van der Waals surface area contributed by atoms with Gasteiger partial charge in [-0.2, -0.15) is 10.1 Å². The standard InChI is InChI=1S/C41H43ClF2N10O4/c1-52-29-9-6-23(15-27(29)33-34(38(52)57)58-20-41(43,44)35(49-33)21-3-4-21)47-36-28(42)17-45-39(50-36)54-18-40(19-54)13-11-22(12-14-40)46-24-5-7-25-30(16-24)53(2)51-32(25)26-8-10-31(55)48-37(26)56/h5-7,9,15-17,21-22,26,35,46,49H,3-4,8,10-14,18-20H2,1-2H3,(H,45,47,50)(H,48,55,56)/t26?,35-/m0/s1. The molecule has 2 saturated carbocycles. The number of carbonyl (C=O) groups is 2. The van der Waals surface area contributed by atoms with Gasteiger partial charge in [-0.15, -0.1) is 0 Å². The van der Waals surface area contributed by atoms with E-state index in [-0.39, 0.29) is 34.6 Å². The minimum absolute atomic E-state index is 0.109. The molecule has 2 saturated heterocycles. The van der Waals surface area contributed by atoms with Gasteiger partial charge in [-0.1, -0.05) is 11.6 Å². The Hall–Kier alpha value is -5.51. The molecule has 6 heterocycles. The second kappa shape index (κ2) is 13.5. The number of carbonyl (C=O) groups excluding carboxylic acids is 2. The maximum absolute atomic E-state index is 15.1. The maximum atomic E-state index is 15.1. The highest BCUT2D eigenvalue weighted by atomic mass is 35.5. The summed E-state index contributed by atoms with van der Waals surface area (Å²) in [5.41, 5.74) is 3.81. The lowest BCUT2D eigenvalue weighted by molar-refractivity contribution is -0.134. The number of benzene rings is 2. The molecule has 2 amide bonds. The molecule has 4 N–H and O–H groups in total. The number of anilines is 5. The van der Waals surface area contributed by atoms with Crippen LogP contribution in [0.15, 0.2) is 47.4 Å². The number of piperidine rings is 1. The van der Waals surface area contributed by atoms with Crippen molar-refractivity contribution in [3.8, 4) is 5.75 Å². The first-order chi connectivity index (χ1) is 27.8. The number of aromatic nitrogens is 5. The summed E-state index contributed by atoms with van der Waals surface area (Å²) >= 11 is 6.61. The van der Waals surface area contributed by atoms with Gasteiger partial charge in [-0.3, -0.25) is 24.4 Å². The summed E-state index contributed by atoms with van der Waals surface area (Å²) in [6.07, 6.45) is 7.90. The van der Waals surface area contributed by atoms with Crippen LogP contribution in [0.4, 0.5) is 37.6 Å². The smallest absolute Gasteiger partial charge is 0.301 e. The zero-order chi connectivity index (χ0) is 40.1. The third-order valence-corrected chi connectivity index (χ3v) is 13.1. The van der Waals surface area contributed by atoms with Gasteiger partial charge in [0.25, 0.3) is 5.56 Å². The fraction of sp³-hybridized carbons (Fsp3) is 0.463. The van der Waals surface area contributed by atoms with E-state index in [0.717, 1.165) is 55.4 Å². The summed E-state index contributed by atoms with van der Waals surface area (Å²) in [4.78, 5) is 49.0. The molecule has 302 valence electrons. The van der Waals surface area contributed by atoms with Crippen molar-refractivity contribution >= 4 is 74.0 Å². The third kappa shape index (κ3) is 6.36. The van der Waals surface area contributed by atoms with Gasteiger partial charge in [-0.05, 0) is 87.3 Å². The fourth-order valence-corrected chi connectivity index (χ4v) is 9.58. The van der Waals surface area contributed by atoms with Crippen molar-refractivity contribution in [1.82, 2.24) is 29.6 Å². The molecule has 10 rings (SSSR count). The minimum atomic E-state index is -3.13. The molecule has 0 radical (unpaired) electrons. The van der Waals surface area contributed by atoms with Crippen molar-refractivity contribution < 1.29 is 23.1 Å². The first-order valence-corrected chi connectivity index (χ1v) is 20.3. The highest BCUT2D eigenvalue weighted by molar-refractivity contribution is 6.33. The van der Waals surface area contributed by atoms with Gasteiger partial charge in [0.15, 0.2) is 12.4 Å². The molecular weight excluding hydrogens is 770 g/mol. The zero-order valence-corrected chi connectivity index (χ0v) is 32.8. The molecule has 0 bridgehead atoms. The number of fused-ring (bicyclic) bond motifs is 4. The molecule has 14 nitrogen and oxygen atoms in total. The summed E-state index contributed by atoms with van der Waals surface area (Å²) < 4.78 is 39.0. The Morgan fingerprint density at radius 1 is 0.948 bits per heavy atom. The Bertz CT molecular complexity index is 2580. The zero-order valence-electron chi connectivity index (χ0n) is 32.1. The fourth-order valence-electron chi connectivity index (χ4n) is 9.44. The Morgan fingerprint density at radius 3 is 2.48 bits per heavy atom. The molecule has 2 atom stereocenters. The first kappa shape index (κ1) is 36.8. The molecular formula is C41H43ClF2N10O4. The van der Waals surface area contributed by atoms with E-state index in [0.29, 0.717) is 70.8 Å². The predicted molar refractivity (Wildman–Crippen MR) is 216 cm³/mol. The number of nitrogens with zero attached hydrogens (tertiary/aromatic N) is 6. The number of amides is 2. The van der Waals surface area contributed by atoms with Crippen LogP contribution in [-0.2, 0) is 23.7 Å². The van der Waals surface area contributed by atoms with Gasteiger partial charge in [0.05, 0.1) is 40.6 Å². The second-order valence-corrected chi connectivity index (χ2v) is 17.2. The molecule has 4 fully saturated rings. The van der Waals surface area contributed by atoms with Crippen LogP contribution in [0.3, 0.4) is 0 Å². The van der Waals surface area contributed by atoms with Gasteiger partial charge in [-0.25, -0.2) is 13.8 Å². The lowest BCUT2D eigenvalue weighted by Crippen LogP contribution is -2.59. The quantitative estimate of drug-likeness (QED) is 0.138. The summed E-state index contributed by atoms with van der Waals surface area (Å²) in [7, 11) is 3.48. The van der Waals surface area contributed by atoms with E-state index in [1.54, 1.807) is 36.1 Å². The number of nitrogens with one attached hydrogen (secondary N) is 4. The van der Waals surface area contributed by atoms with Gasteiger partial charge in [0.2, 0.25) is 23.5 Å². The van der Waals surface area contributed by atoms with Crippen LogP contribution < -0.4 is 36.5 Å². The number of alkyl halides is 2. The van der Waals surface area contributed by atoms with Gasteiger partial charge in [0.1, 0.15) is 5.02 Å². The van der Waals surface area contributed by atoms with E-state index >= 15 is 8.78 Å². The van der Waals surface area contributed by atoms with E-state index in [1.165, 1.54) is 4.57 Å². The Balaban J connectivity index is 0.802. The average Bonchev–Trinajstić information content (AvgIpc) is 3.99. The number of rotatable bonds is 7. The maximum Gasteiger partial charge on any atom is 0.301 e. The molecule has 2 aromatic carbocycles. The molecule has 5 aromatic rings. The number of halogens is 3. The van der Waals surface area contributed by atoms with Gasteiger partial charge in [0, 0.05) is 67.2 Å². The summed E-state index contributed by atoms with van der Waals surface area (Å²) in [6.45, 7) is 0.807. The molecule has 1 unspecified atom stereocenters. The van der Waals surface area contributed by atoms with Crippen LogP contribution in [0.1, 0.15) is 63.0 Å². The van der Waals surface area contributed by atoms with Crippen LogP contribution >= 0.6 is 11.6 Å². The van der Waals surface area contributed by atoms with Gasteiger partial charge >= 0.3 is 5.92 Å². The molecule has 3 aromatic heterocycles. The number of ether oxygens (including phenoxy) is 1. The number of imide groups is 1. The van der Waals surface area contributed by atoms with Crippen molar-refractivity contribution in [1.29, 1.82) is 0 Å². The van der Waals surface area contributed by atoms with Crippen molar-refractivity contribution in [3.63, 3.8) is 0 Å². The van der Waals surface area contributed by atoms with Crippen LogP contribution in [0.5, 0.6) is 5.75 Å². The van der Waals surface area contributed by atoms with Gasteiger partial charge < -0.3 is 30.2 Å². The second-order valence-electron chi connectivity index (χ2n) is 16.8.